The number of H-pyrrole nitrogens is 1. The zero-order valence-corrected chi connectivity index (χ0v) is 13.4. The van der Waals surface area contributed by atoms with Gasteiger partial charge in [0, 0.05) is 11.6 Å². The maximum absolute atomic E-state index is 11.4. The summed E-state index contributed by atoms with van der Waals surface area (Å²) in [7, 11) is 1.55. The highest BCUT2D eigenvalue weighted by molar-refractivity contribution is 6.33. The molecule has 122 valence electrons. The average molecular weight is 337 g/mol. The normalized spacial score (nSPS) is 14.9. The summed E-state index contributed by atoms with van der Waals surface area (Å²) in [6.45, 7) is 0. The topological polar surface area (TPSA) is 103 Å². The second-order valence-corrected chi connectivity index (χ2v) is 5.80. The van der Waals surface area contributed by atoms with Gasteiger partial charge in [-0.05, 0) is 31.7 Å². The van der Waals surface area contributed by atoms with E-state index in [1.54, 1.807) is 19.2 Å². The molecule has 0 unspecified atom stereocenters. The van der Waals surface area contributed by atoms with Gasteiger partial charge in [-0.1, -0.05) is 11.6 Å². The first-order chi connectivity index (χ1) is 11.1. The lowest BCUT2D eigenvalue weighted by atomic mass is 10.1. The third kappa shape index (κ3) is 3.10. The highest BCUT2D eigenvalue weighted by atomic mass is 35.5. The van der Waals surface area contributed by atoms with Crippen molar-refractivity contribution >= 4 is 17.5 Å². The van der Waals surface area contributed by atoms with E-state index in [9.17, 15) is 4.79 Å². The Morgan fingerprint density at radius 1 is 1.30 bits per heavy atom. The number of hydrogen-bond donors (Lipinski definition) is 2. The minimum absolute atomic E-state index is 0.0263. The third-order valence-corrected chi connectivity index (χ3v) is 4.20. The van der Waals surface area contributed by atoms with Crippen molar-refractivity contribution in [2.24, 2.45) is 5.73 Å². The second-order valence-electron chi connectivity index (χ2n) is 5.39. The maximum atomic E-state index is 11.4. The van der Waals surface area contributed by atoms with Gasteiger partial charge < -0.3 is 15.2 Å². The van der Waals surface area contributed by atoms with E-state index in [4.69, 9.17) is 26.8 Å². The standard InChI is InChI=1S/C15H17ClN4O3/c1-22-11-6-9(13-14(15(17)21)19-20-18-13)10(16)7-12(11)23-8-4-2-3-5-8/h6-8H,2-5H2,1H3,(H2,17,21)(H,18,19,20). The van der Waals surface area contributed by atoms with Crippen molar-refractivity contribution in [1.29, 1.82) is 0 Å². The number of ether oxygens (including phenoxy) is 2. The number of hydrogen-bond acceptors (Lipinski definition) is 5. The maximum Gasteiger partial charge on any atom is 0.271 e. The molecular weight excluding hydrogens is 320 g/mol. The Morgan fingerprint density at radius 3 is 2.70 bits per heavy atom. The largest absolute Gasteiger partial charge is 0.493 e. The van der Waals surface area contributed by atoms with Gasteiger partial charge in [0.05, 0.1) is 18.2 Å². The van der Waals surface area contributed by atoms with Crippen molar-refractivity contribution in [1.82, 2.24) is 15.4 Å². The summed E-state index contributed by atoms with van der Waals surface area (Å²) in [5, 5.41) is 10.5. The molecule has 7 nitrogen and oxygen atoms in total. The first kappa shape index (κ1) is 15.6. The molecule has 1 saturated carbocycles. The molecule has 0 atom stereocenters. The first-order valence-electron chi connectivity index (χ1n) is 7.35. The molecule has 1 aliphatic carbocycles. The van der Waals surface area contributed by atoms with Gasteiger partial charge in [-0.2, -0.15) is 15.4 Å². The molecule has 1 aromatic heterocycles. The number of benzene rings is 1. The number of nitrogens with zero attached hydrogens (tertiary/aromatic N) is 2. The second kappa shape index (κ2) is 6.45. The monoisotopic (exact) mass is 336 g/mol. The van der Waals surface area contributed by atoms with Gasteiger partial charge in [-0.15, -0.1) is 0 Å². The van der Waals surface area contributed by atoms with Crippen LogP contribution in [0.2, 0.25) is 5.02 Å². The molecule has 23 heavy (non-hydrogen) atoms. The van der Waals surface area contributed by atoms with E-state index in [-0.39, 0.29) is 17.5 Å². The van der Waals surface area contributed by atoms with E-state index in [2.05, 4.69) is 15.4 Å². The van der Waals surface area contributed by atoms with E-state index < -0.39 is 5.91 Å². The van der Waals surface area contributed by atoms with Crippen LogP contribution in [0.15, 0.2) is 12.1 Å². The van der Waals surface area contributed by atoms with Gasteiger partial charge in [-0.25, -0.2) is 0 Å². The van der Waals surface area contributed by atoms with Crippen molar-refractivity contribution in [2.45, 2.75) is 31.8 Å². The predicted octanol–water partition coefficient (Wildman–Crippen LogP) is 2.55. The molecule has 2 aromatic rings. The molecule has 1 fully saturated rings. The fourth-order valence-corrected chi connectivity index (χ4v) is 2.99. The number of amides is 1. The quantitative estimate of drug-likeness (QED) is 0.873. The summed E-state index contributed by atoms with van der Waals surface area (Å²) in [5.74, 6) is 0.419. The third-order valence-electron chi connectivity index (χ3n) is 3.89. The molecule has 1 heterocycles. The van der Waals surface area contributed by atoms with Crippen LogP contribution in [0, 0.1) is 0 Å². The summed E-state index contributed by atoms with van der Waals surface area (Å²) in [5.41, 5.74) is 6.11. The van der Waals surface area contributed by atoms with E-state index in [0.29, 0.717) is 22.1 Å². The lowest BCUT2D eigenvalue weighted by Gasteiger charge is -2.17. The van der Waals surface area contributed by atoms with Crippen LogP contribution in [0.4, 0.5) is 0 Å². The van der Waals surface area contributed by atoms with Gasteiger partial charge in [0.25, 0.3) is 5.91 Å². The Balaban J connectivity index is 1.99. The molecule has 3 N–H and O–H groups in total. The van der Waals surface area contributed by atoms with Crippen LogP contribution in [0.5, 0.6) is 11.5 Å². The highest BCUT2D eigenvalue weighted by Gasteiger charge is 2.23. The number of carbonyl (C=O) groups is 1. The molecule has 3 rings (SSSR count). The Hall–Kier alpha value is -2.28. The fraction of sp³-hybridized carbons (Fsp3) is 0.400. The Bertz CT molecular complexity index is 726. The van der Waals surface area contributed by atoms with Crippen molar-refractivity contribution in [3.05, 3.63) is 22.8 Å². The van der Waals surface area contributed by atoms with Crippen LogP contribution in [0.1, 0.15) is 36.2 Å². The van der Waals surface area contributed by atoms with Gasteiger partial charge >= 0.3 is 0 Å². The van der Waals surface area contributed by atoms with Crippen LogP contribution >= 0.6 is 11.6 Å². The Labute approximate surface area is 138 Å². The van der Waals surface area contributed by atoms with E-state index in [0.717, 1.165) is 12.8 Å². The summed E-state index contributed by atoms with van der Waals surface area (Å²) < 4.78 is 11.4. The number of halogens is 1. The molecule has 1 aliphatic rings. The van der Waals surface area contributed by atoms with Crippen molar-refractivity contribution in [3.63, 3.8) is 0 Å². The summed E-state index contributed by atoms with van der Waals surface area (Å²) in [6.07, 6.45) is 4.56. The minimum Gasteiger partial charge on any atom is -0.493 e. The number of carbonyl (C=O) groups excluding carboxylic acids is 1. The lowest BCUT2D eigenvalue weighted by Crippen LogP contribution is -2.13. The lowest BCUT2D eigenvalue weighted by molar-refractivity contribution is 0.0996. The number of aromatic amines is 1. The zero-order chi connectivity index (χ0) is 16.4. The van der Waals surface area contributed by atoms with Crippen LogP contribution in [0.25, 0.3) is 11.3 Å². The molecule has 1 amide bonds. The van der Waals surface area contributed by atoms with E-state index in [1.165, 1.54) is 12.8 Å². The van der Waals surface area contributed by atoms with E-state index in [1.807, 2.05) is 0 Å². The summed E-state index contributed by atoms with van der Waals surface area (Å²) in [4.78, 5) is 11.4. The molecule has 0 spiro atoms. The predicted molar refractivity (Wildman–Crippen MR) is 84.8 cm³/mol. The molecule has 0 saturated heterocycles. The minimum atomic E-state index is -0.685. The van der Waals surface area contributed by atoms with Crippen LogP contribution < -0.4 is 15.2 Å². The number of aromatic nitrogens is 3. The molecule has 0 radical (unpaired) electrons. The molecule has 1 aromatic carbocycles. The van der Waals surface area contributed by atoms with Crippen molar-refractivity contribution in [3.8, 4) is 22.8 Å². The number of primary amides is 1. The average Bonchev–Trinajstić information content (AvgIpc) is 3.18. The van der Waals surface area contributed by atoms with Crippen LogP contribution in [-0.2, 0) is 0 Å². The van der Waals surface area contributed by atoms with Gasteiger partial charge in [-0.3, -0.25) is 4.79 Å². The number of rotatable bonds is 5. The van der Waals surface area contributed by atoms with E-state index >= 15 is 0 Å². The molecule has 0 aliphatic heterocycles. The number of methoxy groups -OCH3 is 1. The molecule has 8 heteroatoms. The molecule has 0 bridgehead atoms. The highest BCUT2D eigenvalue weighted by Crippen LogP contribution is 2.40. The summed E-state index contributed by atoms with van der Waals surface area (Å²) >= 11 is 6.34. The summed E-state index contributed by atoms with van der Waals surface area (Å²) in [6, 6.07) is 3.35. The van der Waals surface area contributed by atoms with Crippen LogP contribution in [0.3, 0.4) is 0 Å². The smallest absolute Gasteiger partial charge is 0.271 e. The number of nitrogens with one attached hydrogen (secondary N) is 1. The SMILES string of the molecule is COc1cc(-c2n[nH]nc2C(N)=O)c(Cl)cc1OC1CCCC1. The van der Waals surface area contributed by atoms with Crippen LogP contribution in [-0.4, -0.2) is 34.5 Å². The Morgan fingerprint density at radius 2 is 2.04 bits per heavy atom. The van der Waals surface area contributed by atoms with Gasteiger partial charge in [0.2, 0.25) is 0 Å². The van der Waals surface area contributed by atoms with Crippen molar-refractivity contribution < 1.29 is 14.3 Å². The van der Waals surface area contributed by atoms with Gasteiger partial charge in [0.1, 0.15) is 5.69 Å². The molecular formula is C15H17ClN4O3. The van der Waals surface area contributed by atoms with Gasteiger partial charge in [0.15, 0.2) is 17.2 Å². The zero-order valence-electron chi connectivity index (χ0n) is 12.6. The Kier molecular flexibility index (Phi) is 4.38. The van der Waals surface area contributed by atoms with Crippen molar-refractivity contribution in [2.75, 3.05) is 7.11 Å². The first-order valence-corrected chi connectivity index (χ1v) is 7.73. The number of nitrogens with two attached hydrogens (primary N) is 1. The fourth-order valence-electron chi connectivity index (χ4n) is 2.74.